The molecule has 0 aliphatic rings. The van der Waals surface area contributed by atoms with Gasteiger partial charge in [0.15, 0.2) is 0 Å². The average Bonchev–Trinajstić information content (AvgIpc) is 2.56. The monoisotopic (exact) mass is 352 g/mol. The molecular weight excluding hydrogens is 332 g/mol. The van der Waals surface area contributed by atoms with E-state index in [9.17, 15) is 4.79 Å². The maximum absolute atomic E-state index is 11.8. The Hall–Kier alpha value is -3.53. The molecule has 134 valence electrons. The number of rotatable bonds is 3. The molecule has 0 aliphatic carbocycles. The van der Waals surface area contributed by atoms with Crippen LogP contribution in [0.4, 0.5) is 16.2 Å². The molecule has 26 heavy (non-hydrogen) atoms. The minimum Gasteiger partial charge on any atom is -0.444 e. The third kappa shape index (κ3) is 6.53. The Morgan fingerprint density at radius 3 is 2.12 bits per heavy atom. The first-order chi connectivity index (χ1) is 12.4. The fraction of sp³-hybridized carbons (Fsp3) is 0.211. The zero-order chi connectivity index (χ0) is 19.0. The number of nitrogens with one attached hydrogen (secondary N) is 2. The minimum atomic E-state index is -0.566. The quantitative estimate of drug-likeness (QED) is 0.486. The van der Waals surface area contributed by atoms with Crippen molar-refractivity contribution in [3.05, 3.63) is 54.6 Å². The lowest BCUT2D eigenvalue weighted by atomic mass is 10.2. The Kier molecular flexibility index (Phi) is 6.17. The first-order valence-corrected chi connectivity index (χ1v) is 7.92. The molecule has 1 amide bonds. The number of amides is 1. The van der Waals surface area contributed by atoms with Crippen molar-refractivity contribution in [3.63, 3.8) is 0 Å². The number of nitrogens with zero attached hydrogens (tertiary/aromatic N) is 2. The van der Waals surface area contributed by atoms with Crippen LogP contribution in [-0.4, -0.2) is 17.7 Å². The maximum Gasteiger partial charge on any atom is 0.412 e. The Morgan fingerprint density at radius 2 is 1.58 bits per heavy atom. The molecule has 7 nitrogen and oxygen atoms in total. The van der Waals surface area contributed by atoms with Gasteiger partial charge in [-0.2, -0.15) is 5.26 Å². The number of carbonyl (C=O) groups is 1. The predicted octanol–water partition coefficient (Wildman–Crippen LogP) is 4.36. The van der Waals surface area contributed by atoms with E-state index in [0.717, 1.165) is 0 Å². The molecule has 0 aliphatic heterocycles. The van der Waals surface area contributed by atoms with Crippen molar-refractivity contribution in [2.24, 2.45) is 4.99 Å². The summed E-state index contributed by atoms with van der Waals surface area (Å²) in [4.78, 5) is 15.4. The molecule has 0 aromatic heterocycles. The fourth-order valence-corrected chi connectivity index (χ4v) is 1.90. The van der Waals surface area contributed by atoms with Crippen LogP contribution in [-0.2, 0) is 4.74 Å². The highest BCUT2D eigenvalue weighted by molar-refractivity contribution is 5.92. The summed E-state index contributed by atoms with van der Waals surface area (Å²) < 4.78 is 10.7. The van der Waals surface area contributed by atoms with Crippen LogP contribution in [0.1, 0.15) is 20.8 Å². The summed E-state index contributed by atoms with van der Waals surface area (Å²) >= 11 is 0. The van der Waals surface area contributed by atoms with E-state index in [4.69, 9.17) is 14.7 Å². The summed E-state index contributed by atoms with van der Waals surface area (Å²) in [7, 11) is 0. The van der Waals surface area contributed by atoms with Crippen molar-refractivity contribution >= 4 is 23.5 Å². The molecule has 2 rings (SSSR count). The van der Waals surface area contributed by atoms with Gasteiger partial charge in [0.05, 0.1) is 0 Å². The zero-order valence-corrected chi connectivity index (χ0v) is 14.8. The molecule has 0 spiro atoms. The van der Waals surface area contributed by atoms with E-state index in [1.807, 2.05) is 18.2 Å². The van der Waals surface area contributed by atoms with Crippen molar-refractivity contribution in [1.29, 1.82) is 5.26 Å². The number of hydrogen-bond acceptors (Lipinski definition) is 5. The summed E-state index contributed by atoms with van der Waals surface area (Å²) in [6.07, 6.45) is 1.16. The van der Waals surface area contributed by atoms with Crippen molar-refractivity contribution < 1.29 is 14.3 Å². The van der Waals surface area contributed by atoms with Crippen LogP contribution in [0.15, 0.2) is 59.6 Å². The number of anilines is 2. The van der Waals surface area contributed by atoms with E-state index in [0.29, 0.717) is 17.1 Å². The normalized spacial score (nSPS) is 11.2. The minimum absolute atomic E-state index is 0.0477. The molecule has 0 saturated heterocycles. The standard InChI is InChI=1S/C19H20N4O3/c1-19(2,3)26-18(24)23-15-11-9-14(10-12-15)22-17(21-13-20)25-16-7-5-4-6-8-16/h4-12H,1-3H3,(H,21,22)(H,23,24). The maximum atomic E-state index is 11.8. The summed E-state index contributed by atoms with van der Waals surface area (Å²) in [6, 6.07) is 15.9. The lowest BCUT2D eigenvalue weighted by Gasteiger charge is -2.19. The van der Waals surface area contributed by atoms with Gasteiger partial charge in [0.2, 0.25) is 6.19 Å². The van der Waals surface area contributed by atoms with Crippen LogP contribution < -0.4 is 15.4 Å². The van der Waals surface area contributed by atoms with E-state index in [-0.39, 0.29) is 6.02 Å². The van der Waals surface area contributed by atoms with Gasteiger partial charge in [-0.3, -0.25) is 5.32 Å². The largest absolute Gasteiger partial charge is 0.444 e. The highest BCUT2D eigenvalue weighted by atomic mass is 16.6. The lowest BCUT2D eigenvalue weighted by molar-refractivity contribution is 0.0636. The Labute approximate surface area is 152 Å². The molecule has 0 bridgehead atoms. The second-order valence-electron chi connectivity index (χ2n) is 6.26. The molecule has 0 saturated carbocycles. The van der Waals surface area contributed by atoms with Crippen LogP contribution in [0.25, 0.3) is 0 Å². The van der Waals surface area contributed by atoms with Gasteiger partial charge in [0.25, 0.3) is 0 Å². The van der Waals surface area contributed by atoms with E-state index in [1.165, 1.54) is 0 Å². The first kappa shape index (κ1) is 18.8. The summed E-state index contributed by atoms with van der Waals surface area (Å²) in [5, 5.41) is 14.4. The zero-order valence-electron chi connectivity index (χ0n) is 14.8. The first-order valence-electron chi connectivity index (χ1n) is 7.92. The van der Waals surface area contributed by atoms with Gasteiger partial charge >= 0.3 is 12.1 Å². The predicted molar refractivity (Wildman–Crippen MR) is 100 cm³/mol. The molecule has 2 N–H and O–H groups in total. The molecular formula is C19H20N4O3. The van der Waals surface area contributed by atoms with Crippen LogP contribution in [0, 0.1) is 11.5 Å². The molecule has 7 heteroatoms. The Balaban J connectivity index is 1.99. The SMILES string of the molecule is CC(C)(C)OC(=O)Nc1ccc(N/C(=N/C#N)Oc2ccccc2)cc1. The number of benzene rings is 2. The third-order valence-corrected chi connectivity index (χ3v) is 2.89. The molecule has 0 radical (unpaired) electrons. The lowest BCUT2D eigenvalue weighted by Crippen LogP contribution is -2.27. The van der Waals surface area contributed by atoms with Gasteiger partial charge in [-0.05, 0) is 57.2 Å². The number of para-hydroxylation sites is 1. The fourth-order valence-electron chi connectivity index (χ4n) is 1.90. The number of nitriles is 1. The van der Waals surface area contributed by atoms with Gasteiger partial charge < -0.3 is 14.8 Å². The van der Waals surface area contributed by atoms with E-state index < -0.39 is 11.7 Å². The van der Waals surface area contributed by atoms with Gasteiger partial charge in [0.1, 0.15) is 11.4 Å². The molecule has 0 unspecified atom stereocenters. The van der Waals surface area contributed by atoms with E-state index in [2.05, 4.69) is 15.6 Å². The van der Waals surface area contributed by atoms with Crippen molar-refractivity contribution in [2.75, 3.05) is 10.6 Å². The van der Waals surface area contributed by atoms with E-state index in [1.54, 1.807) is 63.4 Å². The average molecular weight is 352 g/mol. The molecule has 0 fully saturated rings. The van der Waals surface area contributed by atoms with Gasteiger partial charge in [-0.15, -0.1) is 4.99 Å². The van der Waals surface area contributed by atoms with Gasteiger partial charge in [-0.1, -0.05) is 18.2 Å². The number of ether oxygens (including phenoxy) is 2. The molecule has 2 aromatic carbocycles. The van der Waals surface area contributed by atoms with Crippen molar-refractivity contribution in [1.82, 2.24) is 0 Å². The summed E-state index contributed by atoms with van der Waals surface area (Å²) in [5.41, 5.74) is 0.653. The van der Waals surface area contributed by atoms with Gasteiger partial charge in [-0.25, -0.2) is 4.79 Å². The third-order valence-electron chi connectivity index (χ3n) is 2.89. The summed E-state index contributed by atoms with van der Waals surface area (Å²) in [6.45, 7) is 5.38. The molecule has 2 aromatic rings. The Morgan fingerprint density at radius 1 is 1.00 bits per heavy atom. The van der Waals surface area contributed by atoms with Crippen molar-refractivity contribution in [2.45, 2.75) is 26.4 Å². The van der Waals surface area contributed by atoms with Crippen LogP contribution in [0.2, 0.25) is 0 Å². The molecule has 0 atom stereocenters. The number of hydrogen-bond donors (Lipinski definition) is 2. The number of amidine groups is 1. The number of carbonyl (C=O) groups excluding carboxylic acids is 1. The van der Waals surface area contributed by atoms with Crippen LogP contribution in [0.5, 0.6) is 5.75 Å². The highest BCUT2D eigenvalue weighted by Crippen LogP contribution is 2.16. The van der Waals surface area contributed by atoms with Crippen LogP contribution >= 0.6 is 0 Å². The number of aliphatic imine (C=N–C) groups is 1. The smallest absolute Gasteiger partial charge is 0.412 e. The Bertz CT molecular complexity index is 803. The second kappa shape index (κ2) is 8.53. The van der Waals surface area contributed by atoms with E-state index >= 15 is 0 Å². The van der Waals surface area contributed by atoms with Gasteiger partial charge in [0, 0.05) is 11.4 Å². The highest BCUT2D eigenvalue weighted by Gasteiger charge is 2.16. The summed E-state index contributed by atoms with van der Waals surface area (Å²) in [5.74, 6) is 0.553. The van der Waals surface area contributed by atoms with Crippen molar-refractivity contribution in [3.8, 4) is 11.9 Å². The second-order valence-corrected chi connectivity index (χ2v) is 6.26. The van der Waals surface area contributed by atoms with Crippen LogP contribution in [0.3, 0.4) is 0 Å². The topological polar surface area (TPSA) is 95.7 Å². The molecule has 0 heterocycles.